The molecule has 3 aromatic carbocycles. The molecule has 9 nitrogen and oxygen atoms in total. The third-order valence-electron chi connectivity index (χ3n) is 7.09. The minimum atomic E-state index is -4.07. The molecule has 3 aliphatic heterocycles. The molecule has 5 amide bonds. The molecule has 2 bridgehead atoms. The fourth-order valence-corrected chi connectivity index (χ4v) is 6.42. The van der Waals surface area contributed by atoms with Gasteiger partial charge in [0.05, 0.1) is 22.7 Å². The lowest BCUT2D eigenvalue weighted by Gasteiger charge is -2.34. The number of carbonyl (C=O) groups is 3. The van der Waals surface area contributed by atoms with Crippen LogP contribution >= 0.6 is 0 Å². The van der Waals surface area contributed by atoms with Gasteiger partial charge in [-0.25, -0.2) is 27.6 Å². The van der Waals surface area contributed by atoms with Crippen LogP contribution in [0.5, 0.6) is 0 Å². The Bertz CT molecular complexity index is 1500. The monoisotopic (exact) mass is 490 g/mol. The number of fused-ring (bicyclic) bond motifs is 6. The molecule has 3 heterocycles. The summed E-state index contributed by atoms with van der Waals surface area (Å²) >= 11 is 0. The van der Waals surface area contributed by atoms with Gasteiger partial charge < -0.3 is 9.80 Å². The van der Waals surface area contributed by atoms with Crippen LogP contribution < -0.4 is 9.62 Å². The van der Waals surface area contributed by atoms with Crippen molar-refractivity contribution in [2.45, 2.75) is 36.4 Å². The first kappa shape index (κ1) is 21.6. The van der Waals surface area contributed by atoms with Crippen molar-refractivity contribution in [1.29, 1.82) is 0 Å². The minimum Gasteiger partial charge on any atom is -0.316 e. The molecule has 3 atom stereocenters. The van der Waals surface area contributed by atoms with E-state index in [4.69, 9.17) is 0 Å². The number of carbonyl (C=O) groups excluding carboxylic acids is 3. The molecule has 1 N–H and O–H groups in total. The summed E-state index contributed by atoms with van der Waals surface area (Å²) in [5.41, 5.74) is 1.40. The summed E-state index contributed by atoms with van der Waals surface area (Å²) in [5, 5.41) is 1.69. The summed E-state index contributed by atoms with van der Waals surface area (Å²) in [4.78, 5) is 44.0. The van der Waals surface area contributed by atoms with E-state index in [1.807, 2.05) is 37.3 Å². The van der Waals surface area contributed by atoms with E-state index in [1.54, 1.807) is 29.2 Å². The van der Waals surface area contributed by atoms with E-state index in [9.17, 15) is 22.8 Å². The summed E-state index contributed by atoms with van der Waals surface area (Å²) in [6.45, 7) is 2.00. The number of rotatable bonds is 3. The Kier molecular flexibility index (Phi) is 4.65. The SMILES string of the molecule is Cc1ccc(S(=O)(=O)NC(=O)N2C[C@H]3CC2C2C(=O)N(c4cccc5ccccc45)C(=O)N23)cc1. The number of hydrogen-bond acceptors (Lipinski definition) is 5. The van der Waals surface area contributed by atoms with Crippen LogP contribution in [-0.4, -0.2) is 60.9 Å². The molecule has 0 saturated carbocycles. The molecule has 3 fully saturated rings. The van der Waals surface area contributed by atoms with Gasteiger partial charge in [-0.3, -0.25) is 4.79 Å². The van der Waals surface area contributed by atoms with Gasteiger partial charge in [-0.1, -0.05) is 54.1 Å². The average Bonchev–Trinajstić information content (AvgIpc) is 3.50. The first-order valence-electron chi connectivity index (χ1n) is 11.3. The van der Waals surface area contributed by atoms with Crippen molar-refractivity contribution in [3.8, 4) is 0 Å². The van der Waals surface area contributed by atoms with Crippen molar-refractivity contribution in [2.75, 3.05) is 11.4 Å². The second-order valence-corrected chi connectivity index (χ2v) is 10.8. The maximum Gasteiger partial charge on any atom is 0.332 e. The Morgan fingerprint density at radius 1 is 0.971 bits per heavy atom. The van der Waals surface area contributed by atoms with Crippen LogP contribution in [0.15, 0.2) is 71.6 Å². The van der Waals surface area contributed by atoms with E-state index in [0.717, 1.165) is 16.3 Å². The number of hydrogen-bond donors (Lipinski definition) is 1. The van der Waals surface area contributed by atoms with Crippen LogP contribution in [0.25, 0.3) is 10.8 Å². The molecule has 3 aromatic rings. The Morgan fingerprint density at radius 2 is 1.69 bits per heavy atom. The van der Waals surface area contributed by atoms with Crippen LogP contribution in [0.2, 0.25) is 0 Å². The number of sulfonamides is 1. The van der Waals surface area contributed by atoms with Crippen LogP contribution in [0.3, 0.4) is 0 Å². The number of urea groups is 2. The molecule has 3 saturated heterocycles. The normalized spacial score (nSPS) is 23.3. The van der Waals surface area contributed by atoms with Gasteiger partial charge in [0.15, 0.2) is 0 Å². The van der Waals surface area contributed by atoms with Gasteiger partial charge in [0.2, 0.25) is 0 Å². The van der Waals surface area contributed by atoms with Gasteiger partial charge in [-0.15, -0.1) is 0 Å². The molecule has 0 radical (unpaired) electrons. The third kappa shape index (κ3) is 3.20. The Labute approximate surface area is 202 Å². The smallest absolute Gasteiger partial charge is 0.316 e. The maximum absolute atomic E-state index is 13.5. The van der Waals surface area contributed by atoms with E-state index >= 15 is 0 Å². The third-order valence-corrected chi connectivity index (χ3v) is 8.42. The summed E-state index contributed by atoms with van der Waals surface area (Å²) in [5.74, 6) is -0.405. The van der Waals surface area contributed by atoms with E-state index in [0.29, 0.717) is 12.1 Å². The fourth-order valence-electron chi connectivity index (χ4n) is 5.47. The van der Waals surface area contributed by atoms with Crippen molar-refractivity contribution in [3.63, 3.8) is 0 Å². The van der Waals surface area contributed by atoms with Crippen LogP contribution in [0, 0.1) is 6.92 Å². The lowest BCUT2D eigenvalue weighted by molar-refractivity contribution is -0.120. The molecule has 35 heavy (non-hydrogen) atoms. The predicted octanol–water partition coefficient (Wildman–Crippen LogP) is 2.84. The molecule has 0 spiro atoms. The molecule has 6 rings (SSSR count). The first-order chi connectivity index (χ1) is 16.8. The average molecular weight is 491 g/mol. The van der Waals surface area contributed by atoms with Gasteiger partial charge in [0.25, 0.3) is 15.9 Å². The summed E-state index contributed by atoms with van der Waals surface area (Å²) in [6.07, 6.45) is 0.434. The molecule has 178 valence electrons. The summed E-state index contributed by atoms with van der Waals surface area (Å²) in [6, 6.07) is 16.1. The van der Waals surface area contributed by atoms with Crippen molar-refractivity contribution in [1.82, 2.24) is 14.5 Å². The number of anilines is 1. The standard InChI is InChI=1S/C25H22N4O5S/c1-15-9-11-18(12-10-15)35(33,34)26-24(31)27-14-17-13-21(27)22-23(30)29(25(32)28(17)22)20-8-4-6-16-5-2-3-7-19(16)20/h2-12,17,21-22H,13-14H2,1H3,(H,26,31)/t17-,21?,22?/m1/s1. The summed E-state index contributed by atoms with van der Waals surface area (Å²) in [7, 11) is -4.07. The largest absolute Gasteiger partial charge is 0.332 e. The number of amides is 5. The zero-order chi connectivity index (χ0) is 24.5. The molecule has 2 unspecified atom stereocenters. The van der Waals surface area contributed by atoms with Crippen molar-refractivity contribution >= 4 is 44.5 Å². The predicted molar refractivity (Wildman–Crippen MR) is 128 cm³/mol. The number of benzene rings is 3. The number of aryl methyl sites for hydroxylation is 1. The Hall–Kier alpha value is -3.92. The minimum absolute atomic E-state index is 0.0170. The zero-order valence-corrected chi connectivity index (χ0v) is 19.6. The van der Waals surface area contributed by atoms with E-state index in [1.165, 1.54) is 21.9 Å². The second kappa shape index (κ2) is 7.54. The van der Waals surface area contributed by atoms with Gasteiger partial charge in [0, 0.05) is 11.9 Å². The van der Waals surface area contributed by atoms with Gasteiger partial charge in [-0.05, 0) is 36.9 Å². The zero-order valence-electron chi connectivity index (χ0n) is 18.8. The highest BCUT2D eigenvalue weighted by Gasteiger charge is 2.63. The van der Waals surface area contributed by atoms with Crippen molar-refractivity contribution in [2.24, 2.45) is 0 Å². The van der Waals surface area contributed by atoms with Gasteiger partial charge in [0.1, 0.15) is 6.04 Å². The molecule has 0 aliphatic carbocycles. The second-order valence-electron chi connectivity index (χ2n) is 9.14. The van der Waals surface area contributed by atoms with Crippen molar-refractivity contribution in [3.05, 3.63) is 72.3 Å². The van der Waals surface area contributed by atoms with E-state index in [2.05, 4.69) is 4.72 Å². The number of nitrogens with one attached hydrogen (secondary N) is 1. The van der Waals surface area contributed by atoms with Crippen LogP contribution in [-0.2, 0) is 14.8 Å². The highest BCUT2D eigenvalue weighted by molar-refractivity contribution is 7.90. The van der Waals surface area contributed by atoms with Gasteiger partial charge >= 0.3 is 12.1 Å². The van der Waals surface area contributed by atoms with Gasteiger partial charge in [-0.2, -0.15) is 0 Å². The molecule has 10 heteroatoms. The fraction of sp³-hybridized carbons (Fsp3) is 0.240. The lowest BCUT2D eigenvalue weighted by Crippen LogP contribution is -2.57. The highest BCUT2D eigenvalue weighted by atomic mass is 32.2. The number of nitrogens with zero attached hydrogens (tertiary/aromatic N) is 3. The van der Waals surface area contributed by atoms with Crippen LogP contribution in [0.4, 0.5) is 15.3 Å². The number of imide groups is 1. The topological polar surface area (TPSA) is 107 Å². The Balaban J connectivity index is 1.27. The quantitative estimate of drug-likeness (QED) is 0.568. The molecular weight excluding hydrogens is 468 g/mol. The molecule has 0 aromatic heterocycles. The molecular formula is C25H22N4O5S. The van der Waals surface area contributed by atoms with Crippen LogP contribution in [0.1, 0.15) is 12.0 Å². The number of likely N-dealkylation sites (tertiary alicyclic amines) is 1. The number of piperazine rings is 1. The van der Waals surface area contributed by atoms with Crippen molar-refractivity contribution < 1.29 is 22.8 Å². The van der Waals surface area contributed by atoms with E-state index < -0.39 is 40.1 Å². The van der Waals surface area contributed by atoms with E-state index in [-0.39, 0.29) is 17.5 Å². The molecule has 3 aliphatic rings. The lowest BCUT2D eigenvalue weighted by atomic mass is 10.1. The highest BCUT2D eigenvalue weighted by Crippen LogP contribution is 2.43. The Morgan fingerprint density at radius 3 is 2.46 bits per heavy atom. The maximum atomic E-state index is 13.5. The summed E-state index contributed by atoms with van der Waals surface area (Å²) < 4.78 is 27.6. The first-order valence-corrected chi connectivity index (χ1v) is 12.8.